The van der Waals surface area contributed by atoms with Crippen LogP contribution in [-0.2, 0) is 13.0 Å². The summed E-state index contributed by atoms with van der Waals surface area (Å²) in [4.78, 5) is 4.59. The number of aryl methyl sites for hydroxylation is 1. The molecule has 0 aliphatic heterocycles. The first-order chi connectivity index (χ1) is 12.9. The molecule has 1 N–H and O–H groups in total. The molecule has 1 aliphatic rings. The van der Waals surface area contributed by atoms with Gasteiger partial charge in [0.2, 0.25) is 0 Å². The zero-order valence-corrected chi connectivity index (χ0v) is 16.0. The number of rotatable bonds is 4. The van der Waals surface area contributed by atoms with Gasteiger partial charge in [0, 0.05) is 29.5 Å². The number of nitrogens with zero attached hydrogens (tertiary/aromatic N) is 3. The molecule has 0 fully saturated rings. The second-order valence-corrected chi connectivity index (χ2v) is 8.19. The predicted molar refractivity (Wildman–Crippen MR) is 104 cm³/mol. The Labute approximate surface area is 159 Å². The van der Waals surface area contributed by atoms with Gasteiger partial charge >= 0.3 is 0 Å². The van der Waals surface area contributed by atoms with Crippen LogP contribution in [0.5, 0.6) is 0 Å². The molecule has 4 rings (SSSR count). The molecule has 2 heterocycles. The van der Waals surface area contributed by atoms with Gasteiger partial charge in [-0.2, -0.15) is 5.10 Å². The van der Waals surface area contributed by atoms with E-state index in [9.17, 15) is 4.39 Å². The van der Waals surface area contributed by atoms with Crippen molar-refractivity contribution in [3.8, 4) is 5.69 Å². The van der Waals surface area contributed by atoms with E-state index in [1.807, 2.05) is 42.1 Å². The van der Waals surface area contributed by atoms with E-state index in [2.05, 4.69) is 29.2 Å². The summed E-state index contributed by atoms with van der Waals surface area (Å²) in [7, 11) is 0. The summed E-state index contributed by atoms with van der Waals surface area (Å²) in [6, 6.07) is 12.9. The molecule has 2 aromatic heterocycles. The molecule has 4 nitrogen and oxygen atoms in total. The van der Waals surface area contributed by atoms with Crippen LogP contribution in [-0.4, -0.2) is 14.8 Å². The summed E-state index contributed by atoms with van der Waals surface area (Å²) in [5.41, 5.74) is 5.33. The number of hydrogen-bond acceptors (Lipinski definition) is 3. The highest BCUT2D eigenvalue weighted by molar-refractivity contribution is 5.38. The van der Waals surface area contributed by atoms with Gasteiger partial charge in [-0.15, -0.1) is 0 Å². The Morgan fingerprint density at radius 1 is 1.22 bits per heavy atom. The fourth-order valence-electron chi connectivity index (χ4n) is 3.98. The third kappa shape index (κ3) is 3.78. The number of fused-ring (bicyclic) bond motifs is 1. The van der Waals surface area contributed by atoms with Crippen LogP contribution in [0, 0.1) is 18.2 Å². The lowest BCUT2D eigenvalue weighted by molar-refractivity contribution is 0.252. The van der Waals surface area contributed by atoms with E-state index in [1.54, 1.807) is 6.07 Å². The van der Waals surface area contributed by atoms with E-state index < -0.39 is 0 Å². The maximum Gasteiger partial charge on any atom is 0.125 e. The van der Waals surface area contributed by atoms with E-state index in [0.29, 0.717) is 6.54 Å². The molecule has 3 aromatic rings. The Morgan fingerprint density at radius 2 is 2.04 bits per heavy atom. The molecule has 1 aliphatic carbocycles. The van der Waals surface area contributed by atoms with Crippen molar-refractivity contribution in [2.24, 2.45) is 5.41 Å². The van der Waals surface area contributed by atoms with Gasteiger partial charge in [0.15, 0.2) is 0 Å². The molecule has 0 saturated carbocycles. The quantitative estimate of drug-likeness (QED) is 0.740. The second-order valence-electron chi connectivity index (χ2n) is 8.19. The second kappa shape index (κ2) is 6.89. The van der Waals surface area contributed by atoms with Crippen molar-refractivity contribution < 1.29 is 4.39 Å². The summed E-state index contributed by atoms with van der Waals surface area (Å²) in [6.07, 6.45) is 3.87. The molecule has 5 heteroatoms. The van der Waals surface area contributed by atoms with E-state index in [1.165, 1.54) is 17.7 Å². The SMILES string of the molecule is Cc1cccc(CNC2CC(C)(C)Cc3c2cnn3-c2cccc(F)c2)n1. The number of pyridine rings is 1. The molecule has 140 valence electrons. The Kier molecular flexibility index (Phi) is 4.56. The van der Waals surface area contributed by atoms with Gasteiger partial charge in [0.25, 0.3) is 0 Å². The fraction of sp³-hybridized carbons (Fsp3) is 0.364. The molecule has 0 amide bonds. The summed E-state index contributed by atoms with van der Waals surface area (Å²) in [6.45, 7) is 7.28. The average molecular weight is 364 g/mol. The Bertz CT molecular complexity index is 960. The van der Waals surface area contributed by atoms with E-state index >= 15 is 0 Å². The standard InChI is InChI=1S/C22H25FN4/c1-15-6-4-8-17(26-15)13-24-20-11-22(2,3)12-21-19(20)14-25-27(21)18-9-5-7-16(23)10-18/h4-10,14,20,24H,11-13H2,1-3H3. The average Bonchev–Trinajstić information content (AvgIpc) is 3.02. The van der Waals surface area contributed by atoms with Gasteiger partial charge in [-0.05, 0) is 55.5 Å². The highest BCUT2D eigenvalue weighted by atomic mass is 19.1. The first-order valence-corrected chi connectivity index (χ1v) is 9.40. The molecule has 1 unspecified atom stereocenters. The van der Waals surface area contributed by atoms with Gasteiger partial charge < -0.3 is 5.32 Å². The first kappa shape index (κ1) is 17.9. The third-order valence-electron chi connectivity index (χ3n) is 5.21. The molecular weight excluding hydrogens is 339 g/mol. The maximum atomic E-state index is 13.7. The van der Waals surface area contributed by atoms with E-state index in [-0.39, 0.29) is 17.3 Å². The molecule has 0 saturated heterocycles. The van der Waals surface area contributed by atoms with E-state index in [4.69, 9.17) is 0 Å². The van der Waals surface area contributed by atoms with Gasteiger partial charge in [-0.1, -0.05) is 26.0 Å². The molecular formula is C22H25FN4. The minimum atomic E-state index is -0.244. The topological polar surface area (TPSA) is 42.7 Å². The van der Waals surface area contributed by atoms with Gasteiger partial charge in [-0.25, -0.2) is 9.07 Å². The molecule has 27 heavy (non-hydrogen) atoms. The first-order valence-electron chi connectivity index (χ1n) is 9.40. The van der Waals surface area contributed by atoms with Crippen LogP contribution in [0.1, 0.15) is 49.0 Å². The minimum Gasteiger partial charge on any atom is -0.304 e. The van der Waals surface area contributed by atoms with Crippen molar-refractivity contribution >= 4 is 0 Å². The van der Waals surface area contributed by atoms with Crippen molar-refractivity contribution in [1.29, 1.82) is 0 Å². The van der Waals surface area contributed by atoms with Gasteiger partial charge in [0.1, 0.15) is 5.82 Å². The molecule has 1 aromatic carbocycles. The number of nitrogens with one attached hydrogen (secondary N) is 1. The summed E-state index contributed by atoms with van der Waals surface area (Å²) in [5.74, 6) is -0.244. The smallest absolute Gasteiger partial charge is 0.125 e. The molecule has 1 atom stereocenters. The largest absolute Gasteiger partial charge is 0.304 e. The van der Waals surface area contributed by atoms with Crippen molar-refractivity contribution in [3.05, 3.63) is 77.1 Å². The number of halogens is 1. The predicted octanol–water partition coefficient (Wildman–Crippen LogP) is 4.52. The summed E-state index contributed by atoms with van der Waals surface area (Å²) >= 11 is 0. The lowest BCUT2D eigenvalue weighted by Gasteiger charge is -2.36. The van der Waals surface area contributed by atoms with Crippen molar-refractivity contribution in [2.75, 3.05) is 0 Å². The van der Waals surface area contributed by atoms with Crippen molar-refractivity contribution in [3.63, 3.8) is 0 Å². The Balaban J connectivity index is 1.64. The fourth-order valence-corrected chi connectivity index (χ4v) is 3.98. The van der Waals surface area contributed by atoms with Crippen LogP contribution in [0.4, 0.5) is 4.39 Å². The highest BCUT2D eigenvalue weighted by Gasteiger charge is 2.35. The van der Waals surface area contributed by atoms with Gasteiger partial charge in [0.05, 0.1) is 17.6 Å². The third-order valence-corrected chi connectivity index (χ3v) is 5.21. The number of hydrogen-bond donors (Lipinski definition) is 1. The zero-order chi connectivity index (χ0) is 19.0. The number of aromatic nitrogens is 3. The highest BCUT2D eigenvalue weighted by Crippen LogP contribution is 2.41. The molecule has 0 bridgehead atoms. The van der Waals surface area contributed by atoms with Crippen molar-refractivity contribution in [2.45, 2.75) is 46.2 Å². The number of benzene rings is 1. The Hall–Kier alpha value is -2.53. The Morgan fingerprint density at radius 3 is 2.81 bits per heavy atom. The zero-order valence-electron chi connectivity index (χ0n) is 16.0. The maximum absolute atomic E-state index is 13.7. The lowest BCUT2D eigenvalue weighted by Crippen LogP contribution is -2.33. The minimum absolute atomic E-state index is 0.135. The van der Waals surface area contributed by atoms with Crippen molar-refractivity contribution in [1.82, 2.24) is 20.1 Å². The summed E-state index contributed by atoms with van der Waals surface area (Å²) in [5, 5.41) is 8.25. The van der Waals surface area contributed by atoms with E-state index in [0.717, 1.165) is 35.6 Å². The van der Waals surface area contributed by atoms with Crippen LogP contribution in [0.2, 0.25) is 0 Å². The molecule has 0 spiro atoms. The van der Waals surface area contributed by atoms with Crippen LogP contribution < -0.4 is 5.32 Å². The van der Waals surface area contributed by atoms with Gasteiger partial charge in [-0.3, -0.25) is 4.98 Å². The van der Waals surface area contributed by atoms with Crippen LogP contribution in [0.25, 0.3) is 5.69 Å². The molecule has 0 radical (unpaired) electrons. The normalized spacial score (nSPS) is 18.3. The van der Waals surface area contributed by atoms with Crippen LogP contribution in [0.3, 0.4) is 0 Å². The van der Waals surface area contributed by atoms with Crippen LogP contribution >= 0.6 is 0 Å². The monoisotopic (exact) mass is 364 g/mol. The van der Waals surface area contributed by atoms with Crippen LogP contribution in [0.15, 0.2) is 48.7 Å². The lowest BCUT2D eigenvalue weighted by atomic mass is 9.74. The summed E-state index contributed by atoms with van der Waals surface area (Å²) < 4.78 is 15.6.